The maximum atomic E-state index is 12.0. The van der Waals surface area contributed by atoms with Crippen LogP contribution in [-0.4, -0.2) is 27.9 Å². The summed E-state index contributed by atoms with van der Waals surface area (Å²) >= 11 is 1.82. The second-order valence-electron chi connectivity index (χ2n) is 6.25. The van der Waals surface area contributed by atoms with Gasteiger partial charge in [0.2, 0.25) is 0 Å². The molecule has 2 aromatic carbocycles. The van der Waals surface area contributed by atoms with Crippen LogP contribution in [0.25, 0.3) is 5.69 Å². The number of nitrogens with one attached hydrogen (secondary N) is 2. The summed E-state index contributed by atoms with van der Waals surface area (Å²) in [7, 11) is 0. The fraction of sp³-hybridized carbons (Fsp3) is 0.238. The predicted octanol–water partition coefficient (Wildman–Crippen LogP) is 3.91. The summed E-state index contributed by atoms with van der Waals surface area (Å²) in [4.78, 5) is 16.1. The van der Waals surface area contributed by atoms with Crippen molar-refractivity contribution in [3.63, 3.8) is 0 Å². The van der Waals surface area contributed by atoms with Crippen molar-refractivity contribution in [3.8, 4) is 5.69 Å². The van der Waals surface area contributed by atoms with Crippen LogP contribution in [0.1, 0.15) is 16.7 Å². The molecule has 3 rings (SSSR count). The van der Waals surface area contributed by atoms with E-state index >= 15 is 0 Å². The number of hydrogen-bond donors (Lipinski definition) is 2. The summed E-state index contributed by atoms with van der Waals surface area (Å²) in [6, 6.07) is 16.4. The van der Waals surface area contributed by atoms with Gasteiger partial charge in [-0.15, -0.1) is 0 Å². The van der Waals surface area contributed by atoms with Gasteiger partial charge in [-0.05, 0) is 24.1 Å². The van der Waals surface area contributed by atoms with Gasteiger partial charge in [-0.1, -0.05) is 48.0 Å². The lowest BCUT2D eigenvalue weighted by Gasteiger charge is -2.12. The standard InChI is InChI=1S/C21H24N4OS/c1-17-6-8-18(9-7-17)15-27-13-11-23-21(26)24-14-19-4-2-3-5-20(19)25-12-10-22-16-25/h2-10,12,16H,11,13-15H2,1H3,(H2,23,24,26). The van der Waals surface area contributed by atoms with E-state index in [1.54, 1.807) is 12.5 Å². The number of aromatic nitrogens is 2. The largest absolute Gasteiger partial charge is 0.337 e. The summed E-state index contributed by atoms with van der Waals surface area (Å²) in [5, 5.41) is 5.84. The van der Waals surface area contributed by atoms with E-state index in [0.29, 0.717) is 13.1 Å². The van der Waals surface area contributed by atoms with E-state index in [0.717, 1.165) is 22.8 Å². The van der Waals surface area contributed by atoms with Crippen LogP contribution in [-0.2, 0) is 12.3 Å². The molecule has 3 aromatic rings. The highest BCUT2D eigenvalue weighted by atomic mass is 32.2. The lowest BCUT2D eigenvalue weighted by atomic mass is 10.1. The smallest absolute Gasteiger partial charge is 0.315 e. The van der Waals surface area contributed by atoms with Crippen LogP contribution in [0.15, 0.2) is 67.3 Å². The summed E-state index contributed by atoms with van der Waals surface area (Å²) in [5.41, 5.74) is 4.64. The maximum absolute atomic E-state index is 12.0. The van der Waals surface area contributed by atoms with Crippen molar-refractivity contribution in [1.29, 1.82) is 0 Å². The molecular formula is C21H24N4OS. The fourth-order valence-electron chi connectivity index (χ4n) is 2.66. The minimum atomic E-state index is -0.147. The Kier molecular flexibility index (Phi) is 6.93. The first kappa shape index (κ1) is 19.0. The Hall–Kier alpha value is -2.73. The molecule has 5 nitrogen and oxygen atoms in total. The molecule has 0 saturated carbocycles. The monoisotopic (exact) mass is 380 g/mol. The quantitative estimate of drug-likeness (QED) is 0.583. The first-order valence-electron chi connectivity index (χ1n) is 8.93. The molecule has 0 atom stereocenters. The Labute approximate surface area is 164 Å². The van der Waals surface area contributed by atoms with Crippen molar-refractivity contribution in [3.05, 3.63) is 83.9 Å². The minimum absolute atomic E-state index is 0.147. The molecule has 0 unspecified atom stereocenters. The second-order valence-corrected chi connectivity index (χ2v) is 7.35. The molecule has 140 valence electrons. The number of carbonyl (C=O) groups is 1. The van der Waals surface area contributed by atoms with Gasteiger partial charge in [-0.2, -0.15) is 11.8 Å². The summed E-state index contributed by atoms with van der Waals surface area (Å²) in [6.45, 7) is 3.20. The number of benzene rings is 2. The Morgan fingerprint density at radius 1 is 1.11 bits per heavy atom. The Bertz CT molecular complexity index is 847. The molecule has 0 aliphatic carbocycles. The van der Waals surface area contributed by atoms with Crippen LogP contribution in [0.3, 0.4) is 0 Å². The summed E-state index contributed by atoms with van der Waals surface area (Å²) in [6.07, 6.45) is 5.39. The normalized spacial score (nSPS) is 10.6. The minimum Gasteiger partial charge on any atom is -0.337 e. The van der Waals surface area contributed by atoms with E-state index in [1.807, 2.05) is 46.8 Å². The number of carbonyl (C=O) groups excluding carboxylic acids is 1. The van der Waals surface area contributed by atoms with E-state index in [-0.39, 0.29) is 6.03 Å². The van der Waals surface area contributed by atoms with Crippen LogP contribution in [0.2, 0.25) is 0 Å². The number of thioether (sulfide) groups is 1. The number of imidazole rings is 1. The van der Waals surface area contributed by atoms with Crippen LogP contribution < -0.4 is 10.6 Å². The van der Waals surface area contributed by atoms with Gasteiger partial charge in [0.25, 0.3) is 0 Å². The zero-order valence-electron chi connectivity index (χ0n) is 15.4. The lowest BCUT2D eigenvalue weighted by molar-refractivity contribution is 0.241. The molecule has 0 spiro atoms. The molecule has 1 aromatic heterocycles. The molecule has 0 saturated heterocycles. The van der Waals surface area contributed by atoms with Gasteiger partial charge in [-0.25, -0.2) is 9.78 Å². The number of aryl methyl sites for hydroxylation is 1. The van der Waals surface area contributed by atoms with Crippen molar-refractivity contribution in [1.82, 2.24) is 20.2 Å². The number of para-hydroxylation sites is 1. The highest BCUT2D eigenvalue weighted by Gasteiger charge is 2.05. The molecule has 27 heavy (non-hydrogen) atoms. The van der Waals surface area contributed by atoms with Crippen molar-refractivity contribution >= 4 is 17.8 Å². The van der Waals surface area contributed by atoms with Crippen LogP contribution >= 0.6 is 11.8 Å². The molecule has 0 fully saturated rings. The van der Waals surface area contributed by atoms with Gasteiger partial charge in [0.15, 0.2) is 0 Å². The predicted molar refractivity (Wildman–Crippen MR) is 111 cm³/mol. The third-order valence-corrected chi connectivity index (χ3v) is 5.17. The van der Waals surface area contributed by atoms with Gasteiger partial charge in [-0.3, -0.25) is 0 Å². The average molecular weight is 381 g/mol. The van der Waals surface area contributed by atoms with E-state index in [4.69, 9.17) is 0 Å². The second kappa shape index (κ2) is 9.83. The molecule has 0 bridgehead atoms. The molecule has 0 aliphatic rings. The highest BCUT2D eigenvalue weighted by Crippen LogP contribution is 2.14. The van der Waals surface area contributed by atoms with Gasteiger partial charge >= 0.3 is 6.03 Å². The molecule has 2 N–H and O–H groups in total. The van der Waals surface area contributed by atoms with Crippen molar-refractivity contribution in [2.75, 3.05) is 12.3 Å². The average Bonchev–Trinajstić information content (AvgIpc) is 3.22. The Morgan fingerprint density at radius 2 is 1.93 bits per heavy atom. The van der Waals surface area contributed by atoms with Crippen molar-refractivity contribution < 1.29 is 4.79 Å². The van der Waals surface area contributed by atoms with Gasteiger partial charge < -0.3 is 15.2 Å². The third-order valence-electron chi connectivity index (χ3n) is 4.13. The van der Waals surface area contributed by atoms with E-state index < -0.39 is 0 Å². The topological polar surface area (TPSA) is 59.0 Å². The maximum Gasteiger partial charge on any atom is 0.315 e. The molecule has 1 heterocycles. The molecular weight excluding hydrogens is 356 g/mol. The highest BCUT2D eigenvalue weighted by molar-refractivity contribution is 7.98. The van der Waals surface area contributed by atoms with Crippen molar-refractivity contribution in [2.24, 2.45) is 0 Å². The van der Waals surface area contributed by atoms with Crippen LogP contribution in [0.4, 0.5) is 4.79 Å². The number of amides is 2. The zero-order valence-corrected chi connectivity index (χ0v) is 16.2. The lowest BCUT2D eigenvalue weighted by Crippen LogP contribution is -2.36. The molecule has 6 heteroatoms. The number of hydrogen-bond acceptors (Lipinski definition) is 3. The van der Waals surface area contributed by atoms with Crippen LogP contribution in [0, 0.1) is 6.92 Å². The first-order valence-corrected chi connectivity index (χ1v) is 10.1. The number of urea groups is 1. The number of rotatable bonds is 8. The Balaban J connectivity index is 1.37. The number of nitrogens with zero attached hydrogens (tertiary/aromatic N) is 2. The first-order chi connectivity index (χ1) is 13.2. The van der Waals surface area contributed by atoms with Crippen molar-refractivity contribution in [2.45, 2.75) is 19.2 Å². The summed E-state index contributed by atoms with van der Waals surface area (Å²) < 4.78 is 1.94. The van der Waals surface area contributed by atoms with E-state index in [2.05, 4.69) is 46.8 Å². The summed E-state index contributed by atoms with van der Waals surface area (Å²) in [5.74, 6) is 1.84. The van der Waals surface area contributed by atoms with Gasteiger partial charge in [0.05, 0.1) is 12.0 Å². The molecule has 0 aliphatic heterocycles. The van der Waals surface area contributed by atoms with E-state index in [1.165, 1.54) is 11.1 Å². The molecule has 0 radical (unpaired) electrons. The zero-order chi connectivity index (χ0) is 18.9. The van der Waals surface area contributed by atoms with Gasteiger partial charge in [0.1, 0.15) is 0 Å². The van der Waals surface area contributed by atoms with Crippen LogP contribution in [0.5, 0.6) is 0 Å². The third kappa shape index (κ3) is 5.89. The fourth-order valence-corrected chi connectivity index (χ4v) is 3.48. The Morgan fingerprint density at radius 3 is 2.70 bits per heavy atom. The van der Waals surface area contributed by atoms with Gasteiger partial charge in [0, 0.05) is 37.0 Å². The molecule has 2 amide bonds. The van der Waals surface area contributed by atoms with E-state index in [9.17, 15) is 4.79 Å². The SMILES string of the molecule is Cc1ccc(CSCCNC(=O)NCc2ccccc2-n2ccnc2)cc1.